The van der Waals surface area contributed by atoms with Gasteiger partial charge in [-0.3, -0.25) is 4.98 Å². The van der Waals surface area contributed by atoms with Crippen molar-refractivity contribution in [2.45, 2.75) is 6.42 Å². The van der Waals surface area contributed by atoms with Crippen LogP contribution in [0.3, 0.4) is 0 Å². The molecule has 16 heavy (non-hydrogen) atoms. The highest BCUT2D eigenvalue weighted by atomic mass is 19.1. The molecule has 3 N–H and O–H groups in total. The number of nitrogens with zero attached hydrogens (tertiary/aromatic N) is 2. The molecule has 2 rings (SSSR count). The smallest absolute Gasteiger partial charge is 0.330 e. The number of nitrogens with two attached hydrogens (primary N) is 1. The van der Waals surface area contributed by atoms with E-state index in [1.54, 1.807) is 12.1 Å². The van der Waals surface area contributed by atoms with Crippen molar-refractivity contribution in [3.05, 3.63) is 46.4 Å². The van der Waals surface area contributed by atoms with Crippen LogP contribution in [-0.2, 0) is 6.42 Å². The van der Waals surface area contributed by atoms with E-state index in [2.05, 4.69) is 10.1 Å². The monoisotopic (exact) mass is 222 g/mol. The van der Waals surface area contributed by atoms with E-state index >= 15 is 0 Å². The second kappa shape index (κ2) is 4.28. The number of aromatic amines is 1. The van der Waals surface area contributed by atoms with Crippen LogP contribution in [0.2, 0.25) is 0 Å². The SMILES string of the molecule is NCCc1nn(-c2ccccc2F)c(=O)[nH]1. The molecule has 1 aromatic carbocycles. The Bertz CT molecular complexity index is 546. The predicted molar refractivity (Wildman–Crippen MR) is 56.9 cm³/mol. The zero-order chi connectivity index (χ0) is 11.5. The van der Waals surface area contributed by atoms with Crippen LogP contribution in [-0.4, -0.2) is 21.3 Å². The molecule has 0 radical (unpaired) electrons. The highest BCUT2D eigenvalue weighted by Gasteiger charge is 2.09. The third-order valence-corrected chi connectivity index (χ3v) is 2.13. The summed E-state index contributed by atoms with van der Waals surface area (Å²) >= 11 is 0. The Hall–Kier alpha value is -1.95. The Kier molecular flexibility index (Phi) is 2.82. The van der Waals surface area contributed by atoms with Gasteiger partial charge in [0.25, 0.3) is 0 Å². The van der Waals surface area contributed by atoms with E-state index < -0.39 is 11.5 Å². The summed E-state index contributed by atoms with van der Waals surface area (Å²) in [6.07, 6.45) is 0.455. The number of hydrogen-bond donors (Lipinski definition) is 2. The number of benzene rings is 1. The maximum atomic E-state index is 13.4. The fraction of sp³-hybridized carbons (Fsp3) is 0.200. The number of H-pyrrole nitrogens is 1. The topological polar surface area (TPSA) is 76.7 Å². The molecule has 0 atom stereocenters. The van der Waals surface area contributed by atoms with Gasteiger partial charge in [-0.2, -0.15) is 4.68 Å². The first kappa shape index (κ1) is 10.6. The Morgan fingerprint density at radius 1 is 1.44 bits per heavy atom. The van der Waals surface area contributed by atoms with E-state index in [4.69, 9.17) is 5.73 Å². The molecule has 2 aromatic rings. The molecule has 0 fully saturated rings. The van der Waals surface area contributed by atoms with Gasteiger partial charge in [0.2, 0.25) is 0 Å². The quantitative estimate of drug-likeness (QED) is 0.778. The summed E-state index contributed by atoms with van der Waals surface area (Å²) in [5.41, 5.74) is 5.01. The van der Waals surface area contributed by atoms with E-state index in [-0.39, 0.29) is 5.69 Å². The van der Waals surface area contributed by atoms with E-state index in [0.29, 0.717) is 18.8 Å². The van der Waals surface area contributed by atoms with Gasteiger partial charge in [-0.1, -0.05) is 12.1 Å². The minimum Gasteiger partial charge on any atom is -0.330 e. The Balaban J connectivity index is 2.48. The largest absolute Gasteiger partial charge is 0.348 e. The van der Waals surface area contributed by atoms with Crippen LogP contribution in [0.1, 0.15) is 5.82 Å². The molecule has 5 nitrogen and oxygen atoms in total. The van der Waals surface area contributed by atoms with Gasteiger partial charge in [0.1, 0.15) is 17.3 Å². The molecule has 84 valence electrons. The highest BCUT2D eigenvalue weighted by molar-refractivity contribution is 5.31. The molecule has 0 aliphatic heterocycles. The predicted octanol–water partition coefficient (Wildman–Crippen LogP) is 0.201. The molecule has 0 spiro atoms. The van der Waals surface area contributed by atoms with Gasteiger partial charge in [0, 0.05) is 6.42 Å². The summed E-state index contributed by atoms with van der Waals surface area (Å²) in [7, 11) is 0. The van der Waals surface area contributed by atoms with Crippen molar-refractivity contribution in [3.8, 4) is 5.69 Å². The van der Waals surface area contributed by atoms with Crippen LogP contribution >= 0.6 is 0 Å². The average Bonchev–Trinajstić information content (AvgIpc) is 2.61. The molecule has 0 amide bonds. The second-order valence-corrected chi connectivity index (χ2v) is 3.28. The third kappa shape index (κ3) is 1.87. The van der Waals surface area contributed by atoms with Crippen molar-refractivity contribution < 1.29 is 4.39 Å². The Morgan fingerprint density at radius 2 is 2.19 bits per heavy atom. The van der Waals surface area contributed by atoms with Gasteiger partial charge >= 0.3 is 5.69 Å². The zero-order valence-electron chi connectivity index (χ0n) is 8.48. The lowest BCUT2D eigenvalue weighted by Crippen LogP contribution is -2.17. The Morgan fingerprint density at radius 3 is 2.88 bits per heavy atom. The summed E-state index contributed by atoms with van der Waals surface area (Å²) < 4.78 is 14.4. The summed E-state index contributed by atoms with van der Waals surface area (Å²) in [5, 5.41) is 3.96. The van der Waals surface area contributed by atoms with Crippen LogP contribution < -0.4 is 11.4 Å². The van der Waals surface area contributed by atoms with Gasteiger partial charge in [0.15, 0.2) is 0 Å². The molecule has 1 heterocycles. The Labute approximate surface area is 90.7 Å². The first-order valence-corrected chi connectivity index (χ1v) is 4.85. The molecule has 6 heteroatoms. The summed E-state index contributed by atoms with van der Waals surface area (Å²) in [6, 6.07) is 5.96. The van der Waals surface area contributed by atoms with Crippen molar-refractivity contribution in [3.63, 3.8) is 0 Å². The molecule has 0 bridgehead atoms. The second-order valence-electron chi connectivity index (χ2n) is 3.28. The maximum Gasteiger partial charge on any atom is 0.348 e. The lowest BCUT2D eigenvalue weighted by molar-refractivity contribution is 0.607. The van der Waals surface area contributed by atoms with Crippen molar-refractivity contribution in [2.24, 2.45) is 5.73 Å². The third-order valence-electron chi connectivity index (χ3n) is 2.13. The van der Waals surface area contributed by atoms with E-state index in [1.807, 2.05) is 0 Å². The van der Waals surface area contributed by atoms with Gasteiger partial charge < -0.3 is 5.73 Å². The summed E-state index contributed by atoms with van der Waals surface area (Å²) in [6.45, 7) is 0.379. The van der Waals surface area contributed by atoms with Crippen molar-refractivity contribution in [2.75, 3.05) is 6.54 Å². The average molecular weight is 222 g/mol. The molecule has 0 saturated carbocycles. The lowest BCUT2D eigenvalue weighted by Gasteiger charge is -1.99. The van der Waals surface area contributed by atoms with E-state index in [9.17, 15) is 9.18 Å². The van der Waals surface area contributed by atoms with E-state index in [1.165, 1.54) is 12.1 Å². The maximum absolute atomic E-state index is 13.4. The van der Waals surface area contributed by atoms with Gasteiger partial charge in [-0.15, -0.1) is 5.10 Å². The number of halogens is 1. The number of hydrogen-bond acceptors (Lipinski definition) is 3. The van der Waals surface area contributed by atoms with Crippen molar-refractivity contribution in [1.82, 2.24) is 14.8 Å². The number of nitrogens with one attached hydrogen (secondary N) is 1. The molecule has 0 aliphatic rings. The molecule has 1 aromatic heterocycles. The first-order chi connectivity index (χ1) is 7.72. The fourth-order valence-electron chi connectivity index (χ4n) is 1.40. The number of rotatable bonds is 3. The molecular weight excluding hydrogens is 211 g/mol. The van der Waals surface area contributed by atoms with Gasteiger partial charge in [-0.25, -0.2) is 9.18 Å². The van der Waals surface area contributed by atoms with Crippen LogP contribution in [0, 0.1) is 5.82 Å². The fourth-order valence-corrected chi connectivity index (χ4v) is 1.40. The number of para-hydroxylation sites is 1. The van der Waals surface area contributed by atoms with Gasteiger partial charge in [0.05, 0.1) is 0 Å². The van der Waals surface area contributed by atoms with Gasteiger partial charge in [-0.05, 0) is 18.7 Å². The minimum atomic E-state index is -0.490. The minimum absolute atomic E-state index is 0.132. The molecular formula is C10H11FN4O. The number of aromatic nitrogens is 3. The van der Waals surface area contributed by atoms with Crippen molar-refractivity contribution >= 4 is 0 Å². The van der Waals surface area contributed by atoms with Crippen LogP contribution in [0.5, 0.6) is 0 Å². The van der Waals surface area contributed by atoms with E-state index in [0.717, 1.165) is 4.68 Å². The lowest BCUT2D eigenvalue weighted by atomic mass is 10.3. The van der Waals surface area contributed by atoms with Crippen LogP contribution in [0.25, 0.3) is 5.69 Å². The first-order valence-electron chi connectivity index (χ1n) is 4.85. The standard InChI is InChI=1S/C10H11FN4O/c11-7-3-1-2-4-8(7)15-10(16)13-9(14-15)5-6-12/h1-4H,5-6,12H2,(H,13,14,16). The summed E-state index contributed by atoms with van der Waals surface area (Å²) in [4.78, 5) is 14.0. The van der Waals surface area contributed by atoms with Crippen LogP contribution in [0.4, 0.5) is 4.39 Å². The molecule has 0 aliphatic carbocycles. The van der Waals surface area contributed by atoms with Crippen LogP contribution in [0.15, 0.2) is 29.1 Å². The summed E-state index contributed by atoms with van der Waals surface area (Å²) in [5.74, 6) is -0.0360. The highest BCUT2D eigenvalue weighted by Crippen LogP contribution is 2.08. The molecule has 0 saturated heterocycles. The molecule has 0 unspecified atom stereocenters. The zero-order valence-corrected chi connectivity index (χ0v) is 8.48. The normalized spacial score (nSPS) is 10.6. The van der Waals surface area contributed by atoms with Crippen molar-refractivity contribution in [1.29, 1.82) is 0 Å².